The van der Waals surface area contributed by atoms with Gasteiger partial charge in [0, 0.05) is 6.20 Å². The zero-order valence-electron chi connectivity index (χ0n) is 5.61. The number of nitrogen functional groups attached to an aromatic ring is 1. The van der Waals surface area contributed by atoms with E-state index in [9.17, 15) is 0 Å². The van der Waals surface area contributed by atoms with Gasteiger partial charge in [-0.2, -0.15) is 4.98 Å². The highest BCUT2D eigenvalue weighted by molar-refractivity contribution is 9.07. The van der Waals surface area contributed by atoms with Gasteiger partial charge in [0.25, 0.3) is 0 Å². The molecule has 1 aromatic heterocycles. The number of anilines is 1. The zero-order chi connectivity index (χ0) is 7.84. The second kappa shape index (κ2) is 2.23. The Kier molecular flexibility index (Phi) is 1.35. The summed E-state index contributed by atoms with van der Waals surface area (Å²) < 4.78 is 3.53. The molecule has 1 aliphatic rings. The topological polar surface area (TPSA) is 60.0 Å². The molecule has 1 aliphatic heterocycles. The number of fused-ring (bicyclic) bond motifs is 1. The van der Waals surface area contributed by atoms with Gasteiger partial charge in [-0.25, -0.2) is 4.68 Å². The van der Waals surface area contributed by atoms with Crippen LogP contribution in [0.25, 0.3) is 6.08 Å². The minimum absolute atomic E-state index is 0.312. The van der Waals surface area contributed by atoms with Crippen molar-refractivity contribution in [1.29, 1.82) is 0 Å². The van der Waals surface area contributed by atoms with Gasteiger partial charge >= 0.3 is 0 Å². The lowest BCUT2D eigenvalue weighted by atomic mass is 10.5. The SMILES string of the molecule is Nc1nc2n(n1)CN(Br)C=C2. The molecule has 2 heterocycles. The molecule has 0 unspecified atom stereocenters. The fourth-order valence-corrected chi connectivity index (χ4v) is 1.25. The number of rotatable bonds is 0. The molecule has 0 amide bonds. The summed E-state index contributed by atoms with van der Waals surface area (Å²) in [6.45, 7) is 0.635. The number of nitrogens with zero attached hydrogens (tertiary/aromatic N) is 4. The second-order valence-electron chi connectivity index (χ2n) is 2.18. The molecule has 6 heteroatoms. The fourth-order valence-electron chi connectivity index (χ4n) is 0.922. The van der Waals surface area contributed by atoms with Crippen LogP contribution in [-0.4, -0.2) is 18.7 Å². The summed E-state index contributed by atoms with van der Waals surface area (Å²) in [5, 5.41) is 3.96. The largest absolute Gasteiger partial charge is 0.366 e. The summed E-state index contributed by atoms with van der Waals surface area (Å²) in [6.07, 6.45) is 3.70. The van der Waals surface area contributed by atoms with Gasteiger partial charge in [-0.15, -0.1) is 5.10 Å². The average molecular weight is 216 g/mol. The van der Waals surface area contributed by atoms with Crippen molar-refractivity contribution in [2.45, 2.75) is 6.67 Å². The first kappa shape index (κ1) is 6.66. The molecule has 2 N–H and O–H groups in total. The minimum atomic E-state index is 0.312. The van der Waals surface area contributed by atoms with Crippen LogP contribution in [0.3, 0.4) is 0 Å². The van der Waals surface area contributed by atoms with Gasteiger partial charge in [-0.3, -0.25) is 3.93 Å². The van der Waals surface area contributed by atoms with E-state index in [1.54, 1.807) is 4.68 Å². The Morgan fingerprint density at radius 2 is 2.45 bits per heavy atom. The molecule has 0 aromatic carbocycles. The van der Waals surface area contributed by atoms with Crippen molar-refractivity contribution < 1.29 is 0 Å². The van der Waals surface area contributed by atoms with E-state index < -0.39 is 0 Å². The van der Waals surface area contributed by atoms with E-state index in [4.69, 9.17) is 5.73 Å². The second-order valence-corrected chi connectivity index (χ2v) is 3.10. The van der Waals surface area contributed by atoms with Crippen molar-refractivity contribution >= 4 is 28.2 Å². The highest BCUT2D eigenvalue weighted by Gasteiger charge is 2.10. The molecule has 58 valence electrons. The normalized spacial score (nSPS) is 15.2. The van der Waals surface area contributed by atoms with Gasteiger partial charge in [0.05, 0.1) is 16.1 Å². The Morgan fingerprint density at radius 3 is 3.27 bits per heavy atom. The molecule has 0 saturated carbocycles. The van der Waals surface area contributed by atoms with Crippen LogP contribution in [-0.2, 0) is 6.67 Å². The third kappa shape index (κ3) is 1.09. The molecule has 0 aliphatic carbocycles. The van der Waals surface area contributed by atoms with Crippen molar-refractivity contribution in [3.8, 4) is 0 Å². The lowest BCUT2D eigenvalue weighted by Crippen LogP contribution is -2.16. The Bertz CT molecular complexity index is 304. The Balaban J connectivity index is 2.44. The van der Waals surface area contributed by atoms with Crippen molar-refractivity contribution in [2.75, 3.05) is 5.73 Å². The summed E-state index contributed by atoms with van der Waals surface area (Å²) in [4.78, 5) is 3.98. The lowest BCUT2D eigenvalue weighted by Gasteiger charge is -2.15. The molecular formula is C5H6BrN5. The van der Waals surface area contributed by atoms with Crippen LogP contribution < -0.4 is 5.73 Å². The summed E-state index contributed by atoms with van der Waals surface area (Å²) in [5.41, 5.74) is 5.39. The number of nitrogens with two attached hydrogens (primary N) is 1. The molecule has 0 radical (unpaired) electrons. The highest BCUT2D eigenvalue weighted by atomic mass is 79.9. The first-order chi connectivity index (χ1) is 5.25. The first-order valence-corrected chi connectivity index (χ1v) is 3.77. The number of aromatic nitrogens is 3. The van der Waals surface area contributed by atoms with Crippen molar-refractivity contribution in [3.05, 3.63) is 12.0 Å². The number of hydrogen-bond donors (Lipinski definition) is 1. The minimum Gasteiger partial charge on any atom is -0.366 e. The van der Waals surface area contributed by atoms with Crippen molar-refractivity contribution in [1.82, 2.24) is 18.7 Å². The third-order valence-electron chi connectivity index (χ3n) is 1.37. The summed E-state index contributed by atoms with van der Waals surface area (Å²) in [7, 11) is 0. The smallest absolute Gasteiger partial charge is 0.240 e. The average Bonchev–Trinajstić information content (AvgIpc) is 2.27. The molecule has 0 spiro atoms. The molecular weight excluding hydrogens is 210 g/mol. The summed E-state index contributed by atoms with van der Waals surface area (Å²) in [5.74, 6) is 1.10. The molecule has 11 heavy (non-hydrogen) atoms. The standard InChI is InChI=1S/C5H6BrN5/c6-10-2-1-4-8-5(7)9-11(4)3-10/h1-2H,3H2,(H2,7,9). The van der Waals surface area contributed by atoms with E-state index in [1.165, 1.54) is 0 Å². The van der Waals surface area contributed by atoms with E-state index in [-0.39, 0.29) is 0 Å². The van der Waals surface area contributed by atoms with Gasteiger partial charge in [-0.05, 0) is 6.08 Å². The maximum atomic E-state index is 5.39. The predicted molar refractivity (Wildman–Crippen MR) is 44.2 cm³/mol. The van der Waals surface area contributed by atoms with Crippen LogP contribution in [0.4, 0.5) is 5.95 Å². The van der Waals surface area contributed by atoms with Crippen LogP contribution in [0.5, 0.6) is 0 Å². The monoisotopic (exact) mass is 215 g/mol. The van der Waals surface area contributed by atoms with Crippen LogP contribution in [0.2, 0.25) is 0 Å². The van der Waals surface area contributed by atoms with Crippen LogP contribution in [0.15, 0.2) is 6.20 Å². The zero-order valence-corrected chi connectivity index (χ0v) is 7.19. The summed E-state index contributed by atoms with van der Waals surface area (Å²) >= 11 is 3.28. The molecule has 1 aromatic rings. The van der Waals surface area contributed by atoms with E-state index in [0.717, 1.165) is 5.82 Å². The maximum absolute atomic E-state index is 5.39. The van der Waals surface area contributed by atoms with Gasteiger partial charge in [0.1, 0.15) is 6.67 Å². The highest BCUT2D eigenvalue weighted by Crippen LogP contribution is 2.13. The molecule has 0 saturated heterocycles. The molecule has 5 nitrogen and oxygen atoms in total. The van der Waals surface area contributed by atoms with E-state index >= 15 is 0 Å². The summed E-state index contributed by atoms with van der Waals surface area (Å²) in [6, 6.07) is 0. The van der Waals surface area contributed by atoms with Crippen LogP contribution in [0, 0.1) is 0 Å². The third-order valence-corrected chi connectivity index (χ3v) is 1.83. The molecule has 2 rings (SSSR count). The van der Waals surface area contributed by atoms with Gasteiger partial charge in [0.15, 0.2) is 5.82 Å². The number of hydrogen-bond acceptors (Lipinski definition) is 4. The van der Waals surface area contributed by atoms with E-state index in [2.05, 4.69) is 26.2 Å². The fraction of sp³-hybridized carbons (Fsp3) is 0.200. The van der Waals surface area contributed by atoms with Gasteiger partial charge in [0.2, 0.25) is 5.95 Å². The van der Waals surface area contributed by atoms with Crippen LogP contribution >= 0.6 is 16.1 Å². The first-order valence-electron chi connectivity index (χ1n) is 3.06. The van der Waals surface area contributed by atoms with Gasteiger partial charge in [-0.1, -0.05) is 0 Å². The quantitative estimate of drug-likeness (QED) is 0.638. The van der Waals surface area contributed by atoms with E-state index in [0.29, 0.717) is 12.6 Å². The molecule has 0 atom stereocenters. The molecule has 0 fully saturated rings. The Labute approximate surface area is 71.8 Å². The van der Waals surface area contributed by atoms with Gasteiger partial charge < -0.3 is 5.73 Å². The molecule has 0 bridgehead atoms. The maximum Gasteiger partial charge on any atom is 0.240 e. The van der Waals surface area contributed by atoms with Crippen molar-refractivity contribution in [2.24, 2.45) is 0 Å². The van der Waals surface area contributed by atoms with Crippen LogP contribution in [0.1, 0.15) is 5.82 Å². The van der Waals surface area contributed by atoms with Crippen molar-refractivity contribution in [3.63, 3.8) is 0 Å². The lowest BCUT2D eigenvalue weighted by molar-refractivity contribution is 0.446. The Hall–Kier alpha value is -1.04. The van der Waals surface area contributed by atoms with E-state index in [1.807, 2.05) is 16.2 Å². The predicted octanol–water partition coefficient (Wildman–Crippen LogP) is 0.414. The Morgan fingerprint density at radius 1 is 1.64 bits per heavy atom. The number of halogens is 1.